The molecule has 0 fully saturated rings. The van der Waals surface area contributed by atoms with Gasteiger partial charge < -0.3 is 0 Å². The van der Waals surface area contributed by atoms with Crippen molar-refractivity contribution in [2.45, 2.75) is 18.4 Å². The highest BCUT2D eigenvalue weighted by atomic mass is 32.2. The smallest absolute Gasteiger partial charge is 0.262 e. The molecule has 0 bridgehead atoms. The van der Waals surface area contributed by atoms with Gasteiger partial charge in [0.2, 0.25) is 0 Å². The fourth-order valence-electron chi connectivity index (χ4n) is 2.67. The lowest BCUT2D eigenvalue weighted by atomic mass is 10.2. The van der Waals surface area contributed by atoms with Gasteiger partial charge in [0.25, 0.3) is 15.7 Å². The van der Waals surface area contributed by atoms with Gasteiger partial charge in [-0.1, -0.05) is 35.9 Å². The Balaban J connectivity index is 2.07. The molecule has 0 heterocycles. The van der Waals surface area contributed by atoms with Crippen LogP contribution in [-0.4, -0.2) is 13.3 Å². The maximum atomic E-state index is 14.2. The van der Waals surface area contributed by atoms with Crippen molar-refractivity contribution in [3.8, 4) is 0 Å². The van der Waals surface area contributed by atoms with Crippen LogP contribution in [0.2, 0.25) is 0 Å². The van der Waals surface area contributed by atoms with Crippen LogP contribution in [0.25, 0.3) is 0 Å². The molecule has 144 valence electrons. The normalized spacial score (nSPS) is 11.2. The van der Waals surface area contributed by atoms with Crippen molar-refractivity contribution in [3.05, 3.63) is 99.9 Å². The molecule has 0 atom stereocenters. The molecule has 0 aliphatic carbocycles. The topological polar surface area (TPSA) is 80.5 Å². The van der Waals surface area contributed by atoms with Gasteiger partial charge in [-0.05, 0) is 37.3 Å². The monoisotopic (exact) mass is 400 g/mol. The van der Waals surface area contributed by atoms with Gasteiger partial charge in [0, 0.05) is 17.7 Å². The highest BCUT2D eigenvalue weighted by Gasteiger charge is 2.26. The predicted molar refractivity (Wildman–Crippen MR) is 104 cm³/mol. The van der Waals surface area contributed by atoms with E-state index in [0.717, 1.165) is 22.0 Å². The largest absolute Gasteiger partial charge is 0.269 e. The van der Waals surface area contributed by atoms with Crippen LogP contribution in [0, 0.1) is 22.9 Å². The Morgan fingerprint density at radius 2 is 1.57 bits per heavy atom. The summed E-state index contributed by atoms with van der Waals surface area (Å²) in [6.07, 6.45) is 0. The number of anilines is 1. The lowest BCUT2D eigenvalue weighted by molar-refractivity contribution is -0.384. The predicted octanol–water partition coefficient (Wildman–Crippen LogP) is 4.44. The van der Waals surface area contributed by atoms with Crippen molar-refractivity contribution in [2.75, 3.05) is 4.31 Å². The minimum absolute atomic E-state index is 0.116. The average Bonchev–Trinajstić information content (AvgIpc) is 2.68. The van der Waals surface area contributed by atoms with Crippen LogP contribution in [0.4, 0.5) is 15.8 Å². The summed E-state index contributed by atoms with van der Waals surface area (Å²) in [5.74, 6) is -0.515. The number of benzene rings is 3. The zero-order chi connectivity index (χ0) is 20.3. The van der Waals surface area contributed by atoms with Crippen molar-refractivity contribution in [1.82, 2.24) is 0 Å². The number of hydrogen-bond donors (Lipinski definition) is 0. The summed E-state index contributed by atoms with van der Waals surface area (Å²) >= 11 is 0. The van der Waals surface area contributed by atoms with Gasteiger partial charge in [0.1, 0.15) is 5.82 Å². The number of non-ortho nitro benzene ring substituents is 1. The number of rotatable bonds is 6. The summed E-state index contributed by atoms with van der Waals surface area (Å²) in [7, 11) is -4.08. The Labute approximate surface area is 162 Å². The van der Waals surface area contributed by atoms with Crippen molar-refractivity contribution < 1.29 is 17.7 Å². The van der Waals surface area contributed by atoms with Crippen molar-refractivity contribution in [3.63, 3.8) is 0 Å². The van der Waals surface area contributed by atoms with E-state index in [0.29, 0.717) is 5.69 Å². The number of sulfonamides is 1. The molecule has 3 aromatic rings. The van der Waals surface area contributed by atoms with Crippen LogP contribution in [-0.2, 0) is 16.6 Å². The molecule has 3 rings (SSSR count). The molecule has 0 radical (unpaired) electrons. The van der Waals surface area contributed by atoms with Gasteiger partial charge in [0.05, 0.1) is 22.1 Å². The van der Waals surface area contributed by atoms with Crippen molar-refractivity contribution in [1.29, 1.82) is 0 Å². The minimum Gasteiger partial charge on any atom is -0.262 e. The molecule has 0 N–H and O–H groups in total. The van der Waals surface area contributed by atoms with Gasteiger partial charge in [0.15, 0.2) is 0 Å². The molecule has 8 heteroatoms. The Bertz CT molecular complexity index is 1100. The first-order valence-corrected chi connectivity index (χ1v) is 9.80. The molecule has 0 aromatic heterocycles. The summed E-state index contributed by atoms with van der Waals surface area (Å²) in [4.78, 5) is 10.1. The van der Waals surface area contributed by atoms with Crippen LogP contribution in [0.3, 0.4) is 0 Å². The maximum absolute atomic E-state index is 14.2. The zero-order valence-corrected chi connectivity index (χ0v) is 15.8. The van der Waals surface area contributed by atoms with E-state index < -0.39 is 20.8 Å². The SMILES string of the molecule is Cc1ccc(N(Cc2ccccc2F)S(=O)(=O)c2ccc([N+](=O)[O-])cc2)cc1. The fraction of sp³-hybridized carbons (Fsp3) is 0.100. The fourth-order valence-corrected chi connectivity index (χ4v) is 4.12. The Hall–Kier alpha value is -3.26. The number of hydrogen-bond acceptors (Lipinski definition) is 4. The molecule has 0 unspecified atom stereocenters. The van der Waals surface area contributed by atoms with E-state index in [2.05, 4.69) is 0 Å². The maximum Gasteiger partial charge on any atom is 0.269 e. The first-order chi connectivity index (χ1) is 13.3. The minimum atomic E-state index is -4.08. The van der Waals surface area contributed by atoms with Crippen molar-refractivity contribution >= 4 is 21.4 Å². The van der Waals surface area contributed by atoms with Crippen molar-refractivity contribution in [2.24, 2.45) is 0 Å². The summed E-state index contributed by atoms with van der Waals surface area (Å²) in [6, 6.07) is 17.3. The molecule has 0 amide bonds. The molecular formula is C20H17FN2O4S. The first kappa shape index (κ1) is 19.5. The Kier molecular flexibility index (Phi) is 5.41. The molecule has 0 aliphatic rings. The van der Waals surface area contributed by atoms with E-state index in [-0.39, 0.29) is 22.7 Å². The van der Waals surface area contributed by atoms with Crippen LogP contribution < -0.4 is 4.31 Å². The summed E-state index contributed by atoms with van der Waals surface area (Å²) in [5.41, 5.74) is 1.32. The second-order valence-electron chi connectivity index (χ2n) is 6.19. The second-order valence-corrected chi connectivity index (χ2v) is 8.05. The molecular weight excluding hydrogens is 383 g/mol. The molecule has 6 nitrogen and oxygen atoms in total. The third-order valence-corrected chi connectivity index (χ3v) is 6.02. The highest BCUT2D eigenvalue weighted by Crippen LogP contribution is 2.28. The van der Waals surface area contributed by atoms with Crippen LogP contribution >= 0.6 is 0 Å². The van der Waals surface area contributed by atoms with Gasteiger partial charge in [-0.2, -0.15) is 0 Å². The van der Waals surface area contributed by atoms with Gasteiger partial charge in [-0.3, -0.25) is 14.4 Å². The standard InChI is InChI=1S/C20H17FN2O4S/c1-15-6-8-17(9-7-15)22(14-16-4-2-3-5-20(16)21)28(26,27)19-12-10-18(11-13-19)23(24)25/h2-13H,14H2,1H3. The summed E-state index contributed by atoms with van der Waals surface area (Å²) < 4.78 is 41.8. The average molecular weight is 400 g/mol. The summed E-state index contributed by atoms with van der Waals surface area (Å²) in [5, 5.41) is 10.8. The van der Waals surface area contributed by atoms with E-state index in [4.69, 9.17) is 0 Å². The van der Waals surface area contributed by atoms with E-state index >= 15 is 0 Å². The third kappa shape index (κ3) is 4.01. The first-order valence-electron chi connectivity index (χ1n) is 8.36. The number of halogens is 1. The molecule has 0 saturated heterocycles. The lowest BCUT2D eigenvalue weighted by Gasteiger charge is -2.25. The van der Waals surface area contributed by atoms with Crippen LogP contribution in [0.1, 0.15) is 11.1 Å². The van der Waals surface area contributed by atoms with E-state index in [1.165, 1.54) is 30.3 Å². The number of aryl methyl sites for hydroxylation is 1. The van der Waals surface area contributed by atoms with Crippen LogP contribution in [0.5, 0.6) is 0 Å². The number of nitrogens with zero attached hydrogens (tertiary/aromatic N) is 2. The molecule has 3 aromatic carbocycles. The third-order valence-electron chi connectivity index (χ3n) is 4.23. The second kappa shape index (κ2) is 7.77. The van der Waals surface area contributed by atoms with E-state index in [9.17, 15) is 22.9 Å². The summed E-state index contributed by atoms with van der Waals surface area (Å²) in [6.45, 7) is 1.66. The molecule has 28 heavy (non-hydrogen) atoms. The Morgan fingerprint density at radius 1 is 0.964 bits per heavy atom. The van der Waals surface area contributed by atoms with Gasteiger partial charge >= 0.3 is 0 Å². The molecule has 0 aliphatic heterocycles. The number of nitro benzene ring substituents is 1. The quantitative estimate of drug-likeness (QED) is 0.453. The molecule has 0 spiro atoms. The van der Waals surface area contributed by atoms with E-state index in [1.807, 2.05) is 6.92 Å². The lowest BCUT2D eigenvalue weighted by Crippen LogP contribution is -2.31. The van der Waals surface area contributed by atoms with E-state index in [1.54, 1.807) is 30.3 Å². The number of nitro groups is 1. The van der Waals surface area contributed by atoms with Gasteiger partial charge in [-0.15, -0.1) is 0 Å². The Morgan fingerprint density at radius 3 is 2.14 bits per heavy atom. The zero-order valence-electron chi connectivity index (χ0n) is 14.9. The van der Waals surface area contributed by atoms with Crippen LogP contribution in [0.15, 0.2) is 77.7 Å². The highest BCUT2D eigenvalue weighted by molar-refractivity contribution is 7.92. The van der Waals surface area contributed by atoms with Gasteiger partial charge in [-0.25, -0.2) is 12.8 Å². The molecule has 0 saturated carbocycles.